The fourth-order valence-corrected chi connectivity index (χ4v) is 0.0913. The van der Waals surface area contributed by atoms with Gasteiger partial charge in [-0.25, -0.2) is 0 Å². The highest BCUT2D eigenvalue weighted by atomic mass is 16.3. The third-order valence-corrected chi connectivity index (χ3v) is 0.536. The molecule has 0 spiro atoms. The van der Waals surface area contributed by atoms with Gasteiger partial charge < -0.3 is 5.11 Å². The van der Waals surface area contributed by atoms with Crippen molar-refractivity contribution in [3.05, 3.63) is 0 Å². The Balaban J connectivity index is 3.04. The van der Waals surface area contributed by atoms with Crippen molar-refractivity contribution < 1.29 is 5.11 Å². The van der Waals surface area contributed by atoms with Gasteiger partial charge in [0, 0.05) is 0 Å². The molecule has 2 heteroatoms. The highest BCUT2D eigenvalue weighted by Crippen LogP contribution is 1.82. The maximum atomic E-state index is 8.31. The van der Waals surface area contributed by atoms with E-state index in [4.69, 9.17) is 10.4 Å². The van der Waals surface area contributed by atoms with E-state index in [0.29, 0.717) is 6.42 Å². The average Bonchev–Trinajstić information content (AvgIpc) is 1.65. The number of aliphatic hydroxyl groups excluding tert-OH is 1. The van der Waals surface area contributed by atoms with Crippen LogP contribution in [0.15, 0.2) is 0 Å². The number of hydrogen-bond acceptors (Lipinski definition) is 2. The van der Waals surface area contributed by atoms with Crippen LogP contribution in [0.25, 0.3) is 0 Å². The van der Waals surface area contributed by atoms with Gasteiger partial charge in [-0.3, -0.25) is 0 Å². The number of rotatable bonds is 1. The second kappa shape index (κ2) is 2.67. The van der Waals surface area contributed by atoms with Gasteiger partial charge in [-0.1, -0.05) is 6.92 Å². The summed E-state index contributed by atoms with van der Waals surface area (Å²) in [6, 6.07) is 1.67. The van der Waals surface area contributed by atoms with E-state index >= 15 is 0 Å². The minimum Gasteiger partial charge on any atom is -0.378 e. The first-order valence-corrected chi connectivity index (χ1v) is 1.89. The lowest BCUT2D eigenvalue weighted by Gasteiger charge is -1.87. The van der Waals surface area contributed by atoms with Gasteiger partial charge in [-0.15, -0.1) is 0 Å². The lowest BCUT2D eigenvalue weighted by Crippen LogP contribution is -1.97. The van der Waals surface area contributed by atoms with Crippen LogP contribution < -0.4 is 0 Å². The highest BCUT2D eigenvalue weighted by Gasteiger charge is 1.90. The van der Waals surface area contributed by atoms with Gasteiger partial charge in [0.05, 0.1) is 6.07 Å². The number of nitriles is 1. The molecule has 0 amide bonds. The largest absolute Gasteiger partial charge is 0.378 e. The number of aliphatic hydroxyl groups is 1. The molecule has 0 saturated heterocycles. The van der Waals surface area contributed by atoms with Crippen LogP contribution in [0.2, 0.25) is 0 Å². The molecule has 0 radical (unpaired) electrons. The van der Waals surface area contributed by atoms with Crippen molar-refractivity contribution in [1.29, 1.82) is 5.26 Å². The molecule has 0 aromatic heterocycles. The molecule has 0 unspecified atom stereocenters. The van der Waals surface area contributed by atoms with Crippen LogP contribution >= 0.6 is 0 Å². The van der Waals surface area contributed by atoms with Crippen LogP contribution in [0.4, 0.5) is 0 Å². The predicted octanol–water partition coefficient (Wildman–Crippen LogP) is 0.281. The Morgan fingerprint density at radius 2 is 2.50 bits per heavy atom. The van der Waals surface area contributed by atoms with Crippen LogP contribution in [0, 0.1) is 11.3 Å². The first-order chi connectivity index (χ1) is 2.81. The molecule has 1 atom stereocenters. The molecule has 0 aliphatic heterocycles. The summed E-state index contributed by atoms with van der Waals surface area (Å²) in [5, 5.41) is 16.1. The van der Waals surface area contributed by atoms with Crippen molar-refractivity contribution in [1.82, 2.24) is 0 Å². The summed E-state index contributed by atoms with van der Waals surface area (Å²) >= 11 is 0. The Labute approximate surface area is 37.0 Å². The monoisotopic (exact) mass is 85.1 g/mol. The van der Waals surface area contributed by atoms with Crippen molar-refractivity contribution in [3.63, 3.8) is 0 Å². The van der Waals surface area contributed by atoms with E-state index < -0.39 is 6.10 Å². The minimum absolute atomic E-state index is 0.524. The minimum atomic E-state index is -0.759. The summed E-state index contributed by atoms with van der Waals surface area (Å²) in [5.74, 6) is 0. The molecule has 0 bridgehead atoms. The molecule has 6 heavy (non-hydrogen) atoms. The first kappa shape index (κ1) is 5.45. The van der Waals surface area contributed by atoms with Gasteiger partial charge >= 0.3 is 0 Å². The van der Waals surface area contributed by atoms with E-state index in [2.05, 4.69) is 0 Å². The van der Waals surface area contributed by atoms with E-state index in [0.717, 1.165) is 0 Å². The Kier molecular flexibility index (Phi) is 2.43. The smallest absolute Gasteiger partial charge is 0.140 e. The fourth-order valence-electron chi connectivity index (χ4n) is 0.0913. The van der Waals surface area contributed by atoms with Crippen LogP contribution in [0.1, 0.15) is 13.3 Å². The van der Waals surface area contributed by atoms with Gasteiger partial charge in [-0.05, 0) is 6.42 Å². The second-order valence-electron chi connectivity index (χ2n) is 1.05. The quantitative estimate of drug-likeness (QED) is 0.465. The topological polar surface area (TPSA) is 44.0 Å². The summed E-state index contributed by atoms with van der Waals surface area (Å²) < 4.78 is 0. The van der Waals surface area contributed by atoms with E-state index in [-0.39, 0.29) is 0 Å². The van der Waals surface area contributed by atoms with Crippen molar-refractivity contribution in [2.45, 2.75) is 19.4 Å². The highest BCUT2D eigenvalue weighted by molar-refractivity contribution is 4.79. The van der Waals surface area contributed by atoms with Crippen molar-refractivity contribution in [2.75, 3.05) is 0 Å². The molecule has 0 saturated carbocycles. The molecule has 0 aliphatic carbocycles. The predicted molar refractivity (Wildman–Crippen MR) is 21.9 cm³/mol. The summed E-state index contributed by atoms with van der Waals surface area (Å²) in [4.78, 5) is 0. The van der Waals surface area contributed by atoms with Crippen LogP contribution in [-0.4, -0.2) is 11.2 Å². The molecule has 0 fully saturated rings. The van der Waals surface area contributed by atoms with Gasteiger partial charge in [-0.2, -0.15) is 5.26 Å². The SMILES string of the molecule is CC[C@@H](O)C#N. The molecule has 2 nitrogen and oxygen atoms in total. The number of nitrogens with zero attached hydrogens (tertiary/aromatic N) is 1. The standard InChI is InChI=1S/C4H7NO/c1-2-4(6)3-5/h4,6H,2H2,1H3/t4-/m1/s1. The lowest BCUT2D eigenvalue weighted by molar-refractivity contribution is 0.226. The van der Waals surface area contributed by atoms with Gasteiger partial charge in [0.1, 0.15) is 6.10 Å². The normalized spacial score (nSPS) is 12.8. The molecule has 0 heterocycles. The van der Waals surface area contributed by atoms with Gasteiger partial charge in [0.25, 0.3) is 0 Å². The third-order valence-electron chi connectivity index (χ3n) is 0.536. The van der Waals surface area contributed by atoms with E-state index in [1.165, 1.54) is 0 Å². The summed E-state index contributed by atoms with van der Waals surface area (Å²) in [5.41, 5.74) is 0. The Morgan fingerprint density at radius 3 is 2.50 bits per heavy atom. The Hall–Kier alpha value is -0.550. The van der Waals surface area contributed by atoms with Crippen molar-refractivity contribution >= 4 is 0 Å². The zero-order valence-electron chi connectivity index (χ0n) is 3.68. The van der Waals surface area contributed by atoms with Gasteiger partial charge in [0.15, 0.2) is 0 Å². The van der Waals surface area contributed by atoms with Crippen molar-refractivity contribution in [3.8, 4) is 6.07 Å². The summed E-state index contributed by atoms with van der Waals surface area (Å²) in [6.45, 7) is 1.76. The van der Waals surface area contributed by atoms with Crippen LogP contribution in [0.5, 0.6) is 0 Å². The first-order valence-electron chi connectivity index (χ1n) is 1.89. The molecule has 0 aromatic rings. The second-order valence-corrected chi connectivity index (χ2v) is 1.05. The van der Waals surface area contributed by atoms with Crippen LogP contribution in [-0.2, 0) is 0 Å². The summed E-state index contributed by atoms with van der Waals surface area (Å²) in [6.07, 6.45) is -0.235. The Bertz CT molecular complexity index is 64.4. The van der Waals surface area contributed by atoms with Gasteiger partial charge in [0.2, 0.25) is 0 Å². The molecule has 0 rings (SSSR count). The molecule has 34 valence electrons. The average molecular weight is 85.1 g/mol. The molecular weight excluding hydrogens is 78.1 g/mol. The molecule has 0 aliphatic rings. The zero-order valence-corrected chi connectivity index (χ0v) is 3.68. The molecule has 0 aromatic carbocycles. The third kappa shape index (κ3) is 1.74. The van der Waals surface area contributed by atoms with E-state index in [1.807, 2.05) is 0 Å². The summed E-state index contributed by atoms with van der Waals surface area (Å²) in [7, 11) is 0. The van der Waals surface area contributed by atoms with E-state index in [9.17, 15) is 0 Å². The fraction of sp³-hybridized carbons (Fsp3) is 0.750. The van der Waals surface area contributed by atoms with Crippen molar-refractivity contribution in [2.24, 2.45) is 0 Å². The lowest BCUT2D eigenvalue weighted by atomic mass is 10.3. The number of hydrogen-bond donors (Lipinski definition) is 1. The maximum absolute atomic E-state index is 8.31. The molecule has 1 N–H and O–H groups in total. The zero-order chi connectivity index (χ0) is 4.99. The van der Waals surface area contributed by atoms with E-state index in [1.54, 1.807) is 13.0 Å². The van der Waals surface area contributed by atoms with Crippen LogP contribution in [0.3, 0.4) is 0 Å². The Morgan fingerprint density at radius 1 is 2.00 bits per heavy atom. The molecular formula is C4H7NO. The maximum Gasteiger partial charge on any atom is 0.140 e.